The second kappa shape index (κ2) is 6.49. The number of rotatable bonds is 4. The van der Waals surface area contributed by atoms with Crippen molar-refractivity contribution in [1.82, 2.24) is 0 Å². The van der Waals surface area contributed by atoms with Crippen molar-refractivity contribution >= 4 is 16.9 Å². The second-order valence-corrected chi connectivity index (χ2v) is 6.02. The number of phenols is 1. The van der Waals surface area contributed by atoms with Gasteiger partial charge in [0.05, 0.1) is 0 Å². The van der Waals surface area contributed by atoms with Gasteiger partial charge in [-0.3, -0.25) is 4.79 Å². The van der Waals surface area contributed by atoms with Crippen LogP contribution >= 0.6 is 0 Å². The van der Waals surface area contributed by atoms with Crippen LogP contribution in [0.4, 0.5) is 0 Å². The molecule has 0 radical (unpaired) electrons. The molecule has 0 atom stereocenters. The number of hydrogen-bond acceptors (Lipinski definition) is 5. The Bertz CT molecular complexity index is 1170. The fourth-order valence-electron chi connectivity index (χ4n) is 3.03. The molecule has 0 saturated heterocycles. The van der Waals surface area contributed by atoms with E-state index in [2.05, 4.69) is 0 Å². The Kier molecular flexibility index (Phi) is 4.01. The number of benzene rings is 3. The largest absolute Gasteiger partial charge is 0.508 e. The lowest BCUT2D eigenvalue weighted by molar-refractivity contribution is -0.139. The number of fused-ring (bicyclic) bond motifs is 2. The van der Waals surface area contributed by atoms with Crippen molar-refractivity contribution in [3.63, 3.8) is 0 Å². The number of carboxylic acid groups (broad SMARTS) is 1. The predicted octanol–water partition coefficient (Wildman–Crippen LogP) is 3.73. The normalized spacial score (nSPS) is 11.0. The minimum absolute atomic E-state index is 0.0623. The van der Waals surface area contributed by atoms with Crippen molar-refractivity contribution in [2.24, 2.45) is 0 Å². The van der Waals surface area contributed by atoms with Crippen molar-refractivity contribution in [3.05, 3.63) is 70.9 Å². The van der Waals surface area contributed by atoms with Gasteiger partial charge in [-0.15, -0.1) is 0 Å². The number of aliphatic carboxylic acids is 1. The number of hydrogen-bond donors (Lipinski definition) is 2. The molecule has 2 aromatic rings. The van der Waals surface area contributed by atoms with E-state index in [0.717, 1.165) is 22.1 Å². The zero-order valence-corrected chi connectivity index (χ0v) is 14.0. The lowest BCUT2D eigenvalue weighted by Gasteiger charge is -2.15. The Morgan fingerprint density at radius 3 is 2.52 bits per heavy atom. The maximum Gasteiger partial charge on any atom is 0.341 e. The van der Waals surface area contributed by atoms with Gasteiger partial charge in [0.15, 0.2) is 12.0 Å². The summed E-state index contributed by atoms with van der Waals surface area (Å²) in [5.74, 6) is -0.127. The van der Waals surface area contributed by atoms with Crippen LogP contribution in [-0.4, -0.2) is 22.8 Å². The second-order valence-electron chi connectivity index (χ2n) is 6.02. The molecule has 4 rings (SSSR count). The van der Waals surface area contributed by atoms with E-state index in [9.17, 15) is 14.7 Å². The summed E-state index contributed by atoms with van der Waals surface area (Å²) in [6.07, 6.45) is 0. The van der Waals surface area contributed by atoms with Crippen LogP contribution in [0, 0.1) is 0 Å². The molecular weight excluding hydrogens is 348 g/mol. The van der Waals surface area contributed by atoms with Gasteiger partial charge in [-0.25, -0.2) is 4.79 Å². The molecule has 6 heteroatoms. The average molecular weight is 362 g/mol. The summed E-state index contributed by atoms with van der Waals surface area (Å²) in [5, 5.41) is 19.3. The third-order valence-corrected chi connectivity index (χ3v) is 4.18. The van der Waals surface area contributed by atoms with Crippen LogP contribution in [0.25, 0.3) is 33.4 Å². The van der Waals surface area contributed by atoms with Gasteiger partial charge < -0.3 is 19.4 Å². The summed E-state index contributed by atoms with van der Waals surface area (Å²) < 4.78 is 11.0. The standard InChI is InChI=1S/C21H14O6/c22-13-3-7-16-18(9-13)27-19-10-14(23)4-8-17(19)21(16)12-1-5-15(6-2-12)26-11-20(24)25/h1-10,22H,11H2,(H,24,25). The molecule has 0 bridgehead atoms. The molecule has 0 amide bonds. The van der Waals surface area contributed by atoms with Crippen molar-refractivity contribution in [1.29, 1.82) is 0 Å². The van der Waals surface area contributed by atoms with Crippen molar-refractivity contribution in [3.8, 4) is 33.9 Å². The van der Waals surface area contributed by atoms with Gasteiger partial charge in [-0.05, 0) is 42.0 Å². The van der Waals surface area contributed by atoms with E-state index < -0.39 is 12.6 Å². The molecule has 0 aromatic heterocycles. The molecule has 2 aliphatic rings. The highest BCUT2D eigenvalue weighted by Gasteiger charge is 2.17. The highest BCUT2D eigenvalue weighted by Crippen LogP contribution is 2.40. The Morgan fingerprint density at radius 1 is 1.00 bits per heavy atom. The molecule has 27 heavy (non-hydrogen) atoms. The first kappa shape index (κ1) is 16.7. The van der Waals surface area contributed by atoms with E-state index in [4.69, 9.17) is 14.3 Å². The maximum absolute atomic E-state index is 11.7. The zero-order chi connectivity index (χ0) is 19.0. The van der Waals surface area contributed by atoms with Gasteiger partial charge in [0.25, 0.3) is 0 Å². The van der Waals surface area contributed by atoms with Gasteiger partial charge >= 0.3 is 5.97 Å². The third kappa shape index (κ3) is 3.20. The Morgan fingerprint density at radius 2 is 1.78 bits per heavy atom. The van der Waals surface area contributed by atoms with E-state index >= 15 is 0 Å². The quantitative estimate of drug-likeness (QED) is 0.537. The van der Waals surface area contributed by atoms with Gasteiger partial charge in [-0.1, -0.05) is 12.1 Å². The first-order valence-corrected chi connectivity index (χ1v) is 8.16. The molecular formula is C21H14O6. The SMILES string of the molecule is O=C(O)COc1ccc(-c2c3ccc(=O)cc-3oc3cc(O)ccc23)cc1. The van der Waals surface area contributed by atoms with Crippen LogP contribution in [0.1, 0.15) is 0 Å². The lowest BCUT2D eigenvalue weighted by Crippen LogP contribution is -2.09. The lowest BCUT2D eigenvalue weighted by atomic mass is 9.94. The van der Waals surface area contributed by atoms with Crippen molar-refractivity contribution in [2.75, 3.05) is 6.61 Å². The number of carbonyl (C=O) groups is 1. The molecule has 0 unspecified atom stereocenters. The van der Waals surface area contributed by atoms with Crippen molar-refractivity contribution in [2.45, 2.75) is 0 Å². The Balaban J connectivity index is 1.91. The van der Waals surface area contributed by atoms with Crippen LogP contribution in [0.3, 0.4) is 0 Å². The van der Waals surface area contributed by atoms with Gasteiger partial charge in [0.1, 0.15) is 22.8 Å². The van der Waals surface area contributed by atoms with Crippen LogP contribution < -0.4 is 10.2 Å². The molecule has 6 nitrogen and oxygen atoms in total. The first-order valence-electron chi connectivity index (χ1n) is 8.16. The molecule has 1 aliphatic carbocycles. The number of carboxylic acids is 1. The van der Waals surface area contributed by atoms with Gasteiger partial charge in [0, 0.05) is 28.6 Å². The van der Waals surface area contributed by atoms with E-state index in [1.807, 2.05) is 12.1 Å². The van der Waals surface area contributed by atoms with Crippen LogP contribution in [0.15, 0.2) is 69.9 Å². The molecule has 0 fully saturated rings. The predicted molar refractivity (Wildman–Crippen MR) is 99.3 cm³/mol. The van der Waals surface area contributed by atoms with E-state index in [0.29, 0.717) is 17.1 Å². The Labute approximate surface area is 153 Å². The average Bonchev–Trinajstić information content (AvgIpc) is 2.64. The minimum Gasteiger partial charge on any atom is -0.508 e. The van der Waals surface area contributed by atoms with E-state index in [1.54, 1.807) is 30.3 Å². The van der Waals surface area contributed by atoms with Gasteiger partial charge in [-0.2, -0.15) is 0 Å². The number of phenolic OH excluding ortho intramolecular Hbond substituents is 1. The molecule has 1 aliphatic heterocycles. The maximum atomic E-state index is 11.7. The summed E-state index contributed by atoms with van der Waals surface area (Å²) in [5.41, 5.74) is 2.72. The van der Waals surface area contributed by atoms with Gasteiger partial charge in [0.2, 0.25) is 0 Å². The molecule has 134 valence electrons. The summed E-state index contributed by atoms with van der Waals surface area (Å²) >= 11 is 0. The summed E-state index contributed by atoms with van der Waals surface area (Å²) in [4.78, 5) is 22.4. The van der Waals surface area contributed by atoms with Crippen LogP contribution in [0.5, 0.6) is 11.5 Å². The van der Waals surface area contributed by atoms with E-state index in [-0.39, 0.29) is 11.2 Å². The molecule has 0 spiro atoms. The smallest absolute Gasteiger partial charge is 0.341 e. The monoisotopic (exact) mass is 362 g/mol. The molecule has 1 heterocycles. The molecule has 2 N–H and O–H groups in total. The van der Waals surface area contributed by atoms with Crippen molar-refractivity contribution < 1.29 is 24.2 Å². The highest BCUT2D eigenvalue weighted by molar-refractivity contribution is 6.02. The minimum atomic E-state index is -1.05. The Hall–Kier alpha value is -3.80. The number of ether oxygens (including phenoxy) is 1. The zero-order valence-electron chi connectivity index (χ0n) is 14.0. The fourth-order valence-corrected chi connectivity index (χ4v) is 3.03. The third-order valence-electron chi connectivity index (χ3n) is 4.18. The topological polar surface area (TPSA) is 97.0 Å². The fraction of sp³-hybridized carbons (Fsp3) is 0.0476. The molecule has 2 aromatic carbocycles. The molecule has 0 saturated carbocycles. The highest BCUT2D eigenvalue weighted by atomic mass is 16.5. The number of aromatic hydroxyl groups is 1. The van der Waals surface area contributed by atoms with E-state index in [1.165, 1.54) is 18.2 Å². The first-order chi connectivity index (χ1) is 13.0. The summed E-state index contributed by atoms with van der Waals surface area (Å²) in [6, 6.07) is 16.4. The van der Waals surface area contributed by atoms with Crippen LogP contribution in [-0.2, 0) is 4.79 Å². The summed E-state index contributed by atoms with van der Waals surface area (Å²) in [6.45, 7) is -0.416. The van der Waals surface area contributed by atoms with Crippen LogP contribution in [0.2, 0.25) is 0 Å². The summed E-state index contributed by atoms with van der Waals surface area (Å²) in [7, 11) is 0.